The zero-order chi connectivity index (χ0) is 28.5. The monoisotopic (exact) mass is 534 g/mol. The smallest absolute Gasteiger partial charge is 0.414 e. The van der Waals surface area contributed by atoms with Crippen LogP contribution in [0.25, 0.3) is 0 Å². The molecule has 1 aromatic carbocycles. The quantitative estimate of drug-likeness (QED) is 0.358. The molecule has 0 saturated carbocycles. The van der Waals surface area contributed by atoms with Crippen molar-refractivity contribution in [3.05, 3.63) is 40.8 Å². The molecule has 38 heavy (non-hydrogen) atoms. The van der Waals surface area contributed by atoms with Crippen molar-refractivity contribution < 1.29 is 34.1 Å². The first kappa shape index (κ1) is 30.2. The maximum atomic E-state index is 13.0. The number of aromatic nitrogens is 4. The second-order valence-electron chi connectivity index (χ2n) is 8.92. The summed E-state index contributed by atoms with van der Waals surface area (Å²) in [6, 6.07) is 9.22. The Hall–Kier alpha value is -4.07. The lowest BCUT2D eigenvalue weighted by atomic mass is 9.84. The van der Waals surface area contributed by atoms with Gasteiger partial charge in [0.05, 0.1) is 19.7 Å². The van der Waals surface area contributed by atoms with Crippen LogP contribution in [0.1, 0.15) is 46.1 Å². The normalized spacial score (nSPS) is 14.8. The molecule has 2 heterocycles. The molecule has 1 fully saturated rings. The van der Waals surface area contributed by atoms with Crippen molar-refractivity contribution in [2.45, 2.75) is 58.2 Å². The molecular formula is C24H34N6O8. The van der Waals surface area contributed by atoms with Crippen LogP contribution in [0.5, 0.6) is 0 Å². The molecule has 0 unspecified atom stereocenters. The summed E-state index contributed by atoms with van der Waals surface area (Å²) >= 11 is 0. The molecule has 208 valence electrons. The number of aliphatic carboxylic acids is 2. The topological polar surface area (TPSA) is 177 Å². The van der Waals surface area contributed by atoms with Gasteiger partial charge in [0.2, 0.25) is 5.91 Å². The van der Waals surface area contributed by atoms with E-state index in [1.165, 1.54) is 16.5 Å². The fourth-order valence-corrected chi connectivity index (χ4v) is 4.21. The number of ether oxygens (including phenoxy) is 1. The number of anilines is 1. The highest BCUT2D eigenvalue weighted by atomic mass is 16.5. The molecule has 1 amide bonds. The molecule has 1 saturated heterocycles. The molecule has 0 aliphatic carbocycles. The number of carbonyl (C=O) groups excluding carboxylic acids is 2. The molecule has 1 aromatic heterocycles. The minimum Gasteiger partial charge on any atom is -0.473 e. The van der Waals surface area contributed by atoms with Gasteiger partial charge in [0.25, 0.3) is 0 Å². The predicted molar refractivity (Wildman–Crippen MR) is 135 cm³/mol. The van der Waals surface area contributed by atoms with Gasteiger partial charge in [-0.05, 0) is 49.2 Å². The number of carboxylic acid groups (broad SMARTS) is 2. The van der Waals surface area contributed by atoms with E-state index in [-0.39, 0.29) is 24.1 Å². The van der Waals surface area contributed by atoms with Crippen molar-refractivity contribution in [1.82, 2.24) is 24.7 Å². The SMILES string of the molecule is CCC(=O)N(c1ccccc1)C1(C(=O)OC)CCN(CCn2nnn(C(C)C)c2=O)CC1.O=C(O)C(=O)O. The van der Waals surface area contributed by atoms with E-state index >= 15 is 0 Å². The molecule has 0 atom stereocenters. The molecule has 0 radical (unpaired) electrons. The van der Waals surface area contributed by atoms with Gasteiger partial charge in [-0.2, -0.15) is 9.36 Å². The number of hydrogen-bond donors (Lipinski definition) is 2. The van der Waals surface area contributed by atoms with Gasteiger partial charge < -0.3 is 19.8 Å². The summed E-state index contributed by atoms with van der Waals surface area (Å²) in [5.74, 6) is -4.17. The van der Waals surface area contributed by atoms with E-state index in [0.717, 1.165) is 0 Å². The van der Waals surface area contributed by atoms with E-state index in [1.54, 1.807) is 11.8 Å². The van der Waals surface area contributed by atoms with Crippen LogP contribution in [0.3, 0.4) is 0 Å². The molecule has 1 aliphatic heterocycles. The van der Waals surface area contributed by atoms with Crippen LogP contribution >= 0.6 is 0 Å². The van der Waals surface area contributed by atoms with Crippen LogP contribution in [-0.2, 0) is 30.5 Å². The number of carbonyl (C=O) groups is 4. The first-order valence-corrected chi connectivity index (χ1v) is 12.2. The average Bonchev–Trinajstić information content (AvgIpc) is 3.28. The van der Waals surface area contributed by atoms with Crippen LogP contribution in [0.4, 0.5) is 5.69 Å². The third-order valence-electron chi connectivity index (χ3n) is 6.20. The summed E-state index contributed by atoms with van der Waals surface area (Å²) in [4.78, 5) is 60.3. The number of hydrogen-bond acceptors (Lipinski definition) is 9. The zero-order valence-electron chi connectivity index (χ0n) is 21.9. The molecule has 14 nitrogen and oxygen atoms in total. The van der Waals surface area contributed by atoms with E-state index in [1.807, 2.05) is 44.2 Å². The van der Waals surface area contributed by atoms with E-state index in [4.69, 9.17) is 24.5 Å². The van der Waals surface area contributed by atoms with Gasteiger partial charge in [0.1, 0.15) is 5.54 Å². The Kier molecular flexibility index (Phi) is 10.7. The number of esters is 1. The highest BCUT2D eigenvalue weighted by Gasteiger charge is 2.49. The Morgan fingerprint density at radius 3 is 2.05 bits per heavy atom. The van der Waals surface area contributed by atoms with Crippen molar-refractivity contribution in [1.29, 1.82) is 0 Å². The van der Waals surface area contributed by atoms with Gasteiger partial charge in [-0.3, -0.25) is 9.69 Å². The molecule has 2 N–H and O–H groups in total. The number of nitrogens with zero attached hydrogens (tertiary/aromatic N) is 6. The van der Waals surface area contributed by atoms with E-state index in [2.05, 4.69) is 15.3 Å². The lowest BCUT2D eigenvalue weighted by Gasteiger charge is -2.46. The van der Waals surface area contributed by atoms with Gasteiger partial charge in [0, 0.05) is 31.7 Å². The molecular weight excluding hydrogens is 500 g/mol. The fourth-order valence-electron chi connectivity index (χ4n) is 4.21. The Balaban J connectivity index is 0.000000757. The molecule has 1 aliphatic rings. The fraction of sp³-hybridized carbons (Fsp3) is 0.542. The Morgan fingerprint density at radius 1 is 1.03 bits per heavy atom. The molecule has 0 bridgehead atoms. The van der Waals surface area contributed by atoms with Gasteiger partial charge in [-0.15, -0.1) is 0 Å². The van der Waals surface area contributed by atoms with Crippen molar-refractivity contribution in [3.63, 3.8) is 0 Å². The van der Waals surface area contributed by atoms with Gasteiger partial charge in [0.15, 0.2) is 0 Å². The average molecular weight is 535 g/mol. The maximum Gasteiger partial charge on any atom is 0.414 e. The lowest BCUT2D eigenvalue weighted by molar-refractivity contribution is -0.159. The summed E-state index contributed by atoms with van der Waals surface area (Å²) in [7, 11) is 1.36. The Morgan fingerprint density at radius 2 is 1.61 bits per heavy atom. The van der Waals surface area contributed by atoms with Crippen molar-refractivity contribution >= 4 is 29.5 Å². The number of methoxy groups -OCH3 is 1. The number of carboxylic acids is 2. The Labute approximate surface area is 219 Å². The number of amides is 1. The van der Waals surface area contributed by atoms with Crippen molar-refractivity contribution in [2.75, 3.05) is 31.6 Å². The summed E-state index contributed by atoms with van der Waals surface area (Å²) < 4.78 is 7.89. The first-order valence-electron chi connectivity index (χ1n) is 12.2. The van der Waals surface area contributed by atoms with Gasteiger partial charge in [-0.1, -0.05) is 25.1 Å². The van der Waals surface area contributed by atoms with Gasteiger partial charge >= 0.3 is 23.6 Å². The van der Waals surface area contributed by atoms with E-state index < -0.39 is 23.4 Å². The highest BCUT2D eigenvalue weighted by Crippen LogP contribution is 2.35. The van der Waals surface area contributed by atoms with Crippen LogP contribution < -0.4 is 10.6 Å². The minimum atomic E-state index is -1.82. The number of para-hydroxylation sites is 1. The van der Waals surface area contributed by atoms with Gasteiger partial charge in [-0.25, -0.2) is 19.2 Å². The number of piperidine rings is 1. The number of tetrazole rings is 1. The predicted octanol–water partition coefficient (Wildman–Crippen LogP) is 0.627. The molecule has 3 rings (SSSR count). The van der Waals surface area contributed by atoms with Crippen molar-refractivity contribution in [3.8, 4) is 0 Å². The maximum absolute atomic E-state index is 13.0. The standard InChI is InChI=1S/C22H32N6O4.C2H2O4/c1-5-19(29)27(18-9-7-6-8-10-18)22(20(30)32-4)11-13-25(14-12-22)15-16-26-21(31)28(17(2)3)24-23-26;3-1(4)2(5)6/h6-10,17H,5,11-16H2,1-4H3;(H,3,4)(H,5,6). The third kappa shape index (κ3) is 7.03. The van der Waals surface area contributed by atoms with Crippen LogP contribution in [0, 0.1) is 0 Å². The van der Waals surface area contributed by atoms with Crippen molar-refractivity contribution in [2.24, 2.45) is 0 Å². The molecule has 14 heteroatoms. The van der Waals surface area contributed by atoms with E-state index in [0.29, 0.717) is 44.7 Å². The summed E-state index contributed by atoms with van der Waals surface area (Å²) in [5, 5.41) is 22.7. The second kappa shape index (κ2) is 13.5. The van der Waals surface area contributed by atoms with E-state index in [9.17, 15) is 14.4 Å². The number of benzene rings is 1. The van der Waals surface area contributed by atoms with Crippen LogP contribution in [0.15, 0.2) is 35.1 Å². The summed E-state index contributed by atoms with van der Waals surface area (Å²) in [5.41, 5.74) is -0.600. The molecule has 0 spiro atoms. The lowest BCUT2D eigenvalue weighted by Crippen LogP contribution is -2.62. The van der Waals surface area contributed by atoms with Crippen LogP contribution in [0.2, 0.25) is 0 Å². The summed E-state index contributed by atoms with van der Waals surface area (Å²) in [6.45, 7) is 7.74. The first-order chi connectivity index (χ1) is 18.0. The largest absolute Gasteiger partial charge is 0.473 e. The van der Waals surface area contributed by atoms with Crippen LogP contribution in [-0.4, -0.2) is 91.0 Å². The number of rotatable bonds is 8. The minimum absolute atomic E-state index is 0.0491. The molecule has 2 aromatic rings. The highest BCUT2D eigenvalue weighted by molar-refractivity contribution is 6.27. The second-order valence-corrected chi connectivity index (χ2v) is 8.92. The summed E-state index contributed by atoms with van der Waals surface area (Å²) in [6.07, 6.45) is 1.16. The Bertz CT molecular complexity index is 1160. The third-order valence-corrected chi connectivity index (χ3v) is 6.20. The number of likely N-dealkylation sites (tertiary alicyclic amines) is 1. The zero-order valence-corrected chi connectivity index (χ0v) is 21.9.